The minimum absolute atomic E-state index is 0.153. The SMILES string of the molecule is O=C(/C(=C/c1ccccc1)c1ccncc1)c1ccc(F)cc1. The largest absolute Gasteiger partial charge is 0.289 e. The van der Waals surface area contributed by atoms with E-state index in [-0.39, 0.29) is 11.6 Å². The minimum atomic E-state index is -0.362. The maximum atomic E-state index is 13.1. The summed E-state index contributed by atoms with van der Waals surface area (Å²) in [5, 5.41) is 0. The molecule has 2 nitrogen and oxygen atoms in total. The van der Waals surface area contributed by atoms with Crippen molar-refractivity contribution in [2.75, 3.05) is 0 Å². The first kappa shape index (κ1) is 14.9. The van der Waals surface area contributed by atoms with E-state index in [0.717, 1.165) is 11.1 Å². The van der Waals surface area contributed by atoms with Crippen molar-refractivity contribution in [3.63, 3.8) is 0 Å². The van der Waals surface area contributed by atoms with Crippen LogP contribution in [0.4, 0.5) is 4.39 Å². The Morgan fingerprint density at radius 1 is 0.826 bits per heavy atom. The highest BCUT2D eigenvalue weighted by molar-refractivity contribution is 6.32. The minimum Gasteiger partial charge on any atom is -0.289 e. The van der Waals surface area contributed by atoms with Gasteiger partial charge in [-0.15, -0.1) is 0 Å². The fourth-order valence-corrected chi connectivity index (χ4v) is 2.28. The van der Waals surface area contributed by atoms with E-state index < -0.39 is 0 Å². The normalized spacial score (nSPS) is 11.3. The molecule has 3 rings (SSSR count). The predicted molar refractivity (Wildman–Crippen MR) is 89.3 cm³/mol. The molecule has 1 heterocycles. The number of aromatic nitrogens is 1. The van der Waals surface area contributed by atoms with Crippen LogP contribution in [0.15, 0.2) is 79.1 Å². The van der Waals surface area contributed by atoms with Gasteiger partial charge in [0.15, 0.2) is 5.78 Å². The molecule has 0 aliphatic heterocycles. The van der Waals surface area contributed by atoms with Gasteiger partial charge in [-0.1, -0.05) is 30.3 Å². The van der Waals surface area contributed by atoms with E-state index in [9.17, 15) is 9.18 Å². The first-order chi connectivity index (χ1) is 11.2. The average molecular weight is 303 g/mol. The van der Waals surface area contributed by atoms with Crippen molar-refractivity contribution in [1.82, 2.24) is 4.98 Å². The molecule has 0 fully saturated rings. The summed E-state index contributed by atoms with van der Waals surface area (Å²) < 4.78 is 13.1. The second kappa shape index (κ2) is 6.79. The highest BCUT2D eigenvalue weighted by Crippen LogP contribution is 2.22. The van der Waals surface area contributed by atoms with Crippen molar-refractivity contribution in [2.24, 2.45) is 0 Å². The lowest BCUT2D eigenvalue weighted by molar-refractivity contribution is 0.105. The summed E-state index contributed by atoms with van der Waals surface area (Å²) in [4.78, 5) is 16.8. The molecule has 2 aromatic carbocycles. The lowest BCUT2D eigenvalue weighted by Crippen LogP contribution is -2.03. The van der Waals surface area contributed by atoms with Gasteiger partial charge in [0.1, 0.15) is 5.82 Å². The summed E-state index contributed by atoms with van der Waals surface area (Å²) in [6.07, 6.45) is 5.12. The lowest BCUT2D eigenvalue weighted by Gasteiger charge is -2.08. The van der Waals surface area contributed by atoms with Crippen LogP contribution in [0.2, 0.25) is 0 Å². The van der Waals surface area contributed by atoms with Crippen molar-refractivity contribution in [1.29, 1.82) is 0 Å². The van der Waals surface area contributed by atoms with Crippen LogP contribution in [0, 0.1) is 5.82 Å². The van der Waals surface area contributed by atoms with E-state index in [2.05, 4.69) is 4.98 Å². The summed E-state index contributed by atoms with van der Waals surface area (Å²) in [7, 11) is 0. The quantitative estimate of drug-likeness (QED) is 0.519. The van der Waals surface area contributed by atoms with E-state index in [1.807, 2.05) is 36.4 Å². The molecule has 0 saturated carbocycles. The molecule has 0 aliphatic rings. The van der Waals surface area contributed by atoms with Crippen molar-refractivity contribution in [2.45, 2.75) is 0 Å². The molecular weight excluding hydrogens is 289 g/mol. The monoisotopic (exact) mass is 303 g/mol. The molecule has 0 saturated heterocycles. The van der Waals surface area contributed by atoms with Gasteiger partial charge in [0.2, 0.25) is 0 Å². The van der Waals surface area contributed by atoms with Gasteiger partial charge in [-0.2, -0.15) is 0 Å². The smallest absolute Gasteiger partial charge is 0.193 e. The Balaban J connectivity index is 2.07. The van der Waals surface area contributed by atoms with E-state index in [1.165, 1.54) is 24.3 Å². The second-order valence-corrected chi connectivity index (χ2v) is 5.04. The maximum absolute atomic E-state index is 13.1. The first-order valence-corrected chi connectivity index (χ1v) is 7.21. The molecule has 1 aromatic heterocycles. The molecular formula is C20H14FNO. The number of carbonyl (C=O) groups excluding carboxylic acids is 1. The molecule has 0 spiro atoms. The van der Waals surface area contributed by atoms with Crippen LogP contribution in [0.5, 0.6) is 0 Å². The van der Waals surface area contributed by atoms with Crippen LogP contribution in [0.25, 0.3) is 11.6 Å². The zero-order valence-electron chi connectivity index (χ0n) is 12.3. The van der Waals surface area contributed by atoms with E-state index in [1.54, 1.807) is 24.5 Å². The second-order valence-electron chi connectivity index (χ2n) is 5.04. The number of carbonyl (C=O) groups is 1. The number of nitrogens with zero attached hydrogens (tertiary/aromatic N) is 1. The fourth-order valence-electron chi connectivity index (χ4n) is 2.28. The number of rotatable bonds is 4. The molecule has 3 heteroatoms. The van der Waals surface area contributed by atoms with Crippen molar-refractivity contribution in [3.8, 4) is 0 Å². The third-order valence-electron chi connectivity index (χ3n) is 3.45. The molecule has 0 amide bonds. The molecule has 0 unspecified atom stereocenters. The van der Waals surface area contributed by atoms with Gasteiger partial charge in [0.05, 0.1) is 0 Å². The number of hydrogen-bond donors (Lipinski definition) is 0. The fraction of sp³-hybridized carbons (Fsp3) is 0. The van der Waals surface area contributed by atoms with Gasteiger partial charge in [0.25, 0.3) is 0 Å². The average Bonchev–Trinajstić information content (AvgIpc) is 2.61. The van der Waals surface area contributed by atoms with Crippen LogP contribution in [-0.4, -0.2) is 10.8 Å². The zero-order valence-corrected chi connectivity index (χ0v) is 12.3. The first-order valence-electron chi connectivity index (χ1n) is 7.21. The number of hydrogen-bond acceptors (Lipinski definition) is 2. The number of ketones is 1. The Morgan fingerprint density at radius 3 is 2.13 bits per heavy atom. The van der Waals surface area contributed by atoms with Gasteiger partial charge in [0, 0.05) is 23.5 Å². The molecule has 23 heavy (non-hydrogen) atoms. The summed E-state index contributed by atoms with van der Waals surface area (Å²) in [6.45, 7) is 0. The van der Waals surface area contributed by atoms with E-state index in [4.69, 9.17) is 0 Å². The van der Waals surface area contributed by atoms with Gasteiger partial charge in [-0.05, 0) is 53.6 Å². The zero-order chi connectivity index (χ0) is 16.1. The number of benzene rings is 2. The summed E-state index contributed by atoms with van der Waals surface area (Å²) in [5.41, 5.74) is 2.70. The van der Waals surface area contributed by atoms with Crippen molar-refractivity contribution >= 4 is 17.4 Å². The molecule has 0 atom stereocenters. The Labute approximate surface area is 133 Å². The summed E-state index contributed by atoms with van der Waals surface area (Å²) >= 11 is 0. The maximum Gasteiger partial charge on any atom is 0.193 e. The highest BCUT2D eigenvalue weighted by atomic mass is 19.1. The molecule has 3 aromatic rings. The van der Waals surface area contributed by atoms with Gasteiger partial charge >= 0.3 is 0 Å². The molecule has 0 N–H and O–H groups in total. The third kappa shape index (κ3) is 3.58. The van der Waals surface area contributed by atoms with E-state index >= 15 is 0 Å². The molecule has 0 bridgehead atoms. The van der Waals surface area contributed by atoms with Crippen molar-refractivity contribution in [3.05, 3.63) is 102 Å². The summed E-state index contributed by atoms with van der Waals surface area (Å²) in [6, 6.07) is 18.8. The van der Waals surface area contributed by atoms with Crippen LogP contribution in [-0.2, 0) is 0 Å². The predicted octanol–water partition coefficient (Wildman–Crippen LogP) is 4.64. The Hall–Kier alpha value is -3.07. The van der Waals surface area contributed by atoms with Crippen LogP contribution in [0.3, 0.4) is 0 Å². The molecule has 0 aliphatic carbocycles. The third-order valence-corrected chi connectivity index (χ3v) is 3.45. The van der Waals surface area contributed by atoms with Crippen molar-refractivity contribution < 1.29 is 9.18 Å². The van der Waals surface area contributed by atoms with Gasteiger partial charge in [-0.25, -0.2) is 4.39 Å². The van der Waals surface area contributed by atoms with Crippen LogP contribution >= 0.6 is 0 Å². The number of halogens is 1. The number of pyridine rings is 1. The number of allylic oxidation sites excluding steroid dienone is 1. The van der Waals surface area contributed by atoms with Gasteiger partial charge in [-0.3, -0.25) is 9.78 Å². The topological polar surface area (TPSA) is 30.0 Å². The van der Waals surface area contributed by atoms with Crippen LogP contribution < -0.4 is 0 Å². The standard InChI is InChI=1S/C20H14FNO/c21-18-8-6-17(7-9-18)20(23)19(16-10-12-22-13-11-16)14-15-4-2-1-3-5-15/h1-14H/b19-14+. The summed E-state index contributed by atoms with van der Waals surface area (Å²) in [5.74, 6) is -0.515. The lowest BCUT2D eigenvalue weighted by atomic mass is 9.95. The molecule has 0 radical (unpaired) electrons. The molecule has 112 valence electrons. The Kier molecular flexibility index (Phi) is 4.39. The highest BCUT2D eigenvalue weighted by Gasteiger charge is 2.14. The van der Waals surface area contributed by atoms with Crippen LogP contribution in [0.1, 0.15) is 21.5 Å². The Bertz CT molecular complexity index is 825. The number of Topliss-reactive ketones (excluding diaryl/α,β-unsaturated/α-hetero) is 1. The van der Waals surface area contributed by atoms with E-state index in [0.29, 0.717) is 11.1 Å². The van der Waals surface area contributed by atoms with Gasteiger partial charge < -0.3 is 0 Å². The Morgan fingerprint density at radius 2 is 1.48 bits per heavy atom.